The normalized spacial score (nSPS) is 25.7. The van der Waals surface area contributed by atoms with Gasteiger partial charge in [-0.25, -0.2) is 0 Å². The molecule has 6 nitrogen and oxygen atoms in total. The number of aromatic nitrogens is 1. The summed E-state index contributed by atoms with van der Waals surface area (Å²) in [6.07, 6.45) is 8.22. The third kappa shape index (κ3) is 3.98. The molecule has 1 aliphatic carbocycles. The van der Waals surface area contributed by atoms with Crippen molar-refractivity contribution in [3.8, 4) is 0 Å². The van der Waals surface area contributed by atoms with Gasteiger partial charge in [0, 0.05) is 48.5 Å². The average molecular weight is 453 g/mol. The van der Waals surface area contributed by atoms with Crippen molar-refractivity contribution >= 4 is 52.9 Å². The number of carbonyl (C=O) groups is 1. The number of anilines is 2. The van der Waals surface area contributed by atoms with Gasteiger partial charge < -0.3 is 20.3 Å². The zero-order chi connectivity index (χ0) is 19.0. The Bertz CT molecular complexity index is 891. The number of hydrogen-bond donors (Lipinski definition) is 2. The summed E-state index contributed by atoms with van der Waals surface area (Å²) in [5.41, 5.74) is 1.81. The molecule has 2 N–H and O–H groups in total. The molecule has 2 aliphatic heterocycles. The summed E-state index contributed by atoms with van der Waals surface area (Å²) >= 11 is 0. The van der Waals surface area contributed by atoms with Crippen LogP contribution in [-0.2, 0) is 9.53 Å². The fraction of sp³-hybridized carbons (Fsp3) is 0.545. The zero-order valence-electron chi connectivity index (χ0n) is 17.1. The minimum absolute atomic E-state index is 0. The predicted molar refractivity (Wildman–Crippen MR) is 125 cm³/mol. The Balaban J connectivity index is 0.00000128. The number of halogens is 2. The number of rotatable bonds is 3. The number of morpholine rings is 1. The first-order valence-electron chi connectivity index (χ1n) is 10.5. The maximum absolute atomic E-state index is 13.4. The van der Waals surface area contributed by atoms with E-state index in [1.54, 1.807) is 0 Å². The highest BCUT2D eigenvalue weighted by atomic mass is 35.5. The second-order valence-corrected chi connectivity index (χ2v) is 8.34. The Morgan fingerprint density at radius 2 is 2.00 bits per heavy atom. The fourth-order valence-corrected chi connectivity index (χ4v) is 5.30. The van der Waals surface area contributed by atoms with Crippen LogP contribution in [0.3, 0.4) is 0 Å². The average Bonchev–Trinajstić information content (AvgIpc) is 3.20. The number of benzene rings is 1. The van der Waals surface area contributed by atoms with Gasteiger partial charge in [0.1, 0.15) is 0 Å². The SMILES string of the molecule is Cl.Cl.O=C(Nc1ccc(N2CCOCC2)c2ccncc12)[C@@]12CCCC[C@H]1CNC2. The molecule has 164 valence electrons. The van der Waals surface area contributed by atoms with Gasteiger partial charge >= 0.3 is 0 Å². The van der Waals surface area contributed by atoms with Crippen LogP contribution in [0.4, 0.5) is 11.4 Å². The van der Waals surface area contributed by atoms with E-state index in [9.17, 15) is 4.79 Å². The lowest BCUT2D eigenvalue weighted by Crippen LogP contribution is -2.44. The first-order valence-corrected chi connectivity index (χ1v) is 10.5. The zero-order valence-corrected chi connectivity index (χ0v) is 18.7. The predicted octanol–water partition coefficient (Wildman–Crippen LogP) is 3.63. The monoisotopic (exact) mass is 452 g/mol. The summed E-state index contributed by atoms with van der Waals surface area (Å²) in [7, 11) is 0. The molecule has 5 rings (SSSR count). The van der Waals surface area contributed by atoms with Crippen LogP contribution < -0.4 is 15.5 Å². The number of amides is 1. The van der Waals surface area contributed by atoms with Gasteiger partial charge in [-0.05, 0) is 43.5 Å². The van der Waals surface area contributed by atoms with E-state index >= 15 is 0 Å². The number of pyridine rings is 1. The lowest BCUT2D eigenvalue weighted by molar-refractivity contribution is -0.128. The molecule has 3 fully saturated rings. The van der Waals surface area contributed by atoms with Gasteiger partial charge in [-0.3, -0.25) is 9.78 Å². The Hall–Kier alpha value is -1.60. The quantitative estimate of drug-likeness (QED) is 0.743. The lowest BCUT2D eigenvalue weighted by atomic mass is 9.67. The van der Waals surface area contributed by atoms with E-state index in [4.69, 9.17) is 4.74 Å². The molecule has 1 saturated carbocycles. The second kappa shape index (κ2) is 9.69. The van der Waals surface area contributed by atoms with Crippen LogP contribution in [0.25, 0.3) is 10.8 Å². The van der Waals surface area contributed by atoms with E-state index in [2.05, 4.69) is 32.7 Å². The van der Waals surface area contributed by atoms with Crippen LogP contribution in [-0.4, -0.2) is 50.3 Å². The summed E-state index contributed by atoms with van der Waals surface area (Å²) in [6.45, 7) is 5.04. The highest BCUT2D eigenvalue weighted by Gasteiger charge is 2.49. The molecule has 2 saturated heterocycles. The maximum Gasteiger partial charge on any atom is 0.232 e. The first kappa shape index (κ1) is 23.1. The molecule has 0 bridgehead atoms. The molecule has 0 radical (unpaired) electrons. The first-order chi connectivity index (χ1) is 13.8. The van der Waals surface area contributed by atoms with Gasteiger partial charge in [0.25, 0.3) is 0 Å². The van der Waals surface area contributed by atoms with Crippen molar-refractivity contribution in [3.05, 3.63) is 30.6 Å². The van der Waals surface area contributed by atoms with Gasteiger partial charge in [0.2, 0.25) is 5.91 Å². The summed E-state index contributed by atoms with van der Waals surface area (Å²) in [5, 5.41) is 8.90. The Kier molecular flexibility index (Phi) is 7.45. The van der Waals surface area contributed by atoms with Crippen molar-refractivity contribution in [3.63, 3.8) is 0 Å². The van der Waals surface area contributed by atoms with Gasteiger partial charge in [0.15, 0.2) is 0 Å². The largest absolute Gasteiger partial charge is 0.378 e. The maximum atomic E-state index is 13.4. The van der Waals surface area contributed by atoms with Crippen LogP contribution >= 0.6 is 24.8 Å². The highest BCUT2D eigenvalue weighted by molar-refractivity contribution is 6.07. The van der Waals surface area contributed by atoms with Crippen LogP contribution in [0.5, 0.6) is 0 Å². The molecule has 0 unspecified atom stereocenters. The summed E-state index contributed by atoms with van der Waals surface area (Å²) in [5.74, 6) is 0.629. The van der Waals surface area contributed by atoms with E-state index in [1.165, 1.54) is 12.1 Å². The van der Waals surface area contributed by atoms with Crippen LogP contribution in [0.2, 0.25) is 0 Å². The van der Waals surface area contributed by atoms with E-state index < -0.39 is 0 Å². The highest BCUT2D eigenvalue weighted by Crippen LogP contribution is 2.45. The summed E-state index contributed by atoms with van der Waals surface area (Å²) < 4.78 is 5.50. The van der Waals surface area contributed by atoms with Gasteiger partial charge in [-0.15, -0.1) is 24.8 Å². The Labute approximate surface area is 190 Å². The lowest BCUT2D eigenvalue weighted by Gasteiger charge is -2.37. The van der Waals surface area contributed by atoms with Gasteiger partial charge in [0.05, 0.1) is 24.3 Å². The van der Waals surface area contributed by atoms with Gasteiger partial charge in [-0.1, -0.05) is 12.8 Å². The van der Waals surface area contributed by atoms with Crippen molar-refractivity contribution in [2.45, 2.75) is 25.7 Å². The third-order valence-electron chi connectivity index (χ3n) is 6.89. The molecule has 0 spiro atoms. The van der Waals surface area contributed by atoms with Gasteiger partial charge in [-0.2, -0.15) is 0 Å². The number of hydrogen-bond acceptors (Lipinski definition) is 5. The molecule has 2 atom stereocenters. The van der Waals surface area contributed by atoms with Crippen molar-refractivity contribution < 1.29 is 9.53 Å². The molecule has 2 aromatic rings. The van der Waals surface area contributed by atoms with E-state index in [1.807, 2.05) is 18.5 Å². The van der Waals surface area contributed by atoms with E-state index in [0.29, 0.717) is 5.92 Å². The third-order valence-corrected chi connectivity index (χ3v) is 6.89. The summed E-state index contributed by atoms with van der Waals surface area (Å²) in [6, 6.07) is 6.23. The fourth-order valence-electron chi connectivity index (χ4n) is 5.30. The van der Waals surface area contributed by atoms with Crippen LogP contribution in [0, 0.1) is 11.3 Å². The molecule has 8 heteroatoms. The van der Waals surface area contributed by atoms with Crippen LogP contribution in [0.1, 0.15) is 25.7 Å². The molecule has 3 aliphatic rings. The minimum Gasteiger partial charge on any atom is -0.378 e. The van der Waals surface area contributed by atoms with Crippen LogP contribution in [0.15, 0.2) is 30.6 Å². The number of fused-ring (bicyclic) bond motifs is 2. The van der Waals surface area contributed by atoms with E-state index in [0.717, 1.165) is 75.1 Å². The molecular formula is C22H30Cl2N4O2. The number of ether oxygens (including phenoxy) is 1. The molecule has 1 aromatic carbocycles. The Morgan fingerprint density at radius 1 is 1.17 bits per heavy atom. The van der Waals surface area contributed by atoms with Crippen molar-refractivity contribution in [1.82, 2.24) is 10.3 Å². The molecular weight excluding hydrogens is 423 g/mol. The van der Waals surface area contributed by atoms with E-state index in [-0.39, 0.29) is 36.1 Å². The number of nitrogens with one attached hydrogen (secondary N) is 2. The standard InChI is InChI=1S/C22H28N4O2.2ClH/c27-21(22-7-2-1-3-16(22)13-24-15-22)25-19-4-5-20(26-9-11-28-12-10-26)17-6-8-23-14-18(17)19;;/h4-6,8,14,16,24H,1-3,7,9-13,15H2,(H,25,27);2*1H/t16-,22+;;/m0../s1. The van der Waals surface area contributed by atoms with Crippen molar-refractivity contribution in [1.29, 1.82) is 0 Å². The minimum atomic E-state index is -0.254. The smallest absolute Gasteiger partial charge is 0.232 e. The summed E-state index contributed by atoms with van der Waals surface area (Å²) in [4.78, 5) is 20.1. The van der Waals surface area contributed by atoms with Crippen molar-refractivity contribution in [2.75, 3.05) is 49.6 Å². The molecule has 1 aromatic heterocycles. The topological polar surface area (TPSA) is 66.5 Å². The second-order valence-electron chi connectivity index (χ2n) is 8.34. The Morgan fingerprint density at radius 3 is 2.83 bits per heavy atom. The van der Waals surface area contributed by atoms with Crippen molar-refractivity contribution in [2.24, 2.45) is 11.3 Å². The number of carbonyl (C=O) groups excluding carboxylic acids is 1. The molecule has 3 heterocycles. The molecule has 1 amide bonds. The molecule has 30 heavy (non-hydrogen) atoms. The number of nitrogens with zero attached hydrogens (tertiary/aromatic N) is 2.